The third kappa shape index (κ3) is 3.85. The fraction of sp³-hybridized carbons (Fsp3) is 0.500. The number of piperidine rings is 1. The maximum absolute atomic E-state index is 12.9. The summed E-state index contributed by atoms with van der Waals surface area (Å²) in [6, 6.07) is 8.25. The van der Waals surface area contributed by atoms with Gasteiger partial charge in [0, 0.05) is 31.5 Å². The minimum Gasteiger partial charge on any atom is -0.480 e. The number of carbonyl (C=O) groups excluding carboxylic acids is 2. The van der Waals surface area contributed by atoms with Crippen molar-refractivity contribution in [2.45, 2.75) is 44.2 Å². The fourth-order valence-corrected chi connectivity index (χ4v) is 3.72. The first-order valence-corrected chi connectivity index (χ1v) is 9.77. The van der Waals surface area contributed by atoms with Crippen molar-refractivity contribution in [2.24, 2.45) is 11.0 Å². The number of amides is 2. The van der Waals surface area contributed by atoms with Gasteiger partial charge in [-0.15, -0.1) is 0 Å². The molecule has 0 aromatic heterocycles. The molecule has 2 fully saturated rings. The van der Waals surface area contributed by atoms with E-state index in [2.05, 4.69) is 10.4 Å². The zero-order valence-corrected chi connectivity index (χ0v) is 15.6. The SMILES string of the molecule is O=C(NC1CCN(C(=O)C2=NN(c3ccccc3)C(C(=O)O)C2)CC1)C1CC1. The van der Waals surface area contributed by atoms with E-state index in [-0.39, 0.29) is 35.9 Å². The molecule has 1 aromatic carbocycles. The van der Waals surface area contributed by atoms with Gasteiger partial charge in [0.05, 0.1) is 5.69 Å². The zero-order chi connectivity index (χ0) is 19.7. The second-order valence-corrected chi connectivity index (χ2v) is 7.63. The van der Waals surface area contributed by atoms with Crippen LogP contribution in [0.3, 0.4) is 0 Å². The Kier molecular flexibility index (Phi) is 5.02. The van der Waals surface area contributed by atoms with Gasteiger partial charge in [0.15, 0.2) is 6.04 Å². The molecule has 1 aromatic rings. The van der Waals surface area contributed by atoms with Crippen LogP contribution in [0.4, 0.5) is 5.69 Å². The number of hydrogen-bond acceptors (Lipinski definition) is 5. The van der Waals surface area contributed by atoms with Gasteiger partial charge in [0.2, 0.25) is 5.91 Å². The minimum atomic E-state index is -1.00. The Morgan fingerprint density at radius 2 is 1.71 bits per heavy atom. The number of benzene rings is 1. The molecular formula is C20H24N4O4. The lowest BCUT2D eigenvalue weighted by atomic mass is 10.0. The first-order chi connectivity index (χ1) is 13.5. The van der Waals surface area contributed by atoms with E-state index in [4.69, 9.17) is 0 Å². The van der Waals surface area contributed by atoms with Crippen molar-refractivity contribution in [1.82, 2.24) is 10.2 Å². The van der Waals surface area contributed by atoms with Crippen LogP contribution in [0.1, 0.15) is 32.1 Å². The number of rotatable bonds is 5. The number of anilines is 1. The fourth-order valence-electron chi connectivity index (χ4n) is 3.72. The highest BCUT2D eigenvalue weighted by Crippen LogP contribution is 2.29. The number of aliphatic carboxylic acids is 1. The molecule has 1 unspecified atom stereocenters. The maximum Gasteiger partial charge on any atom is 0.328 e. The van der Waals surface area contributed by atoms with Gasteiger partial charge >= 0.3 is 5.97 Å². The molecule has 4 rings (SSSR count). The van der Waals surface area contributed by atoms with E-state index in [1.807, 2.05) is 18.2 Å². The van der Waals surface area contributed by atoms with Gasteiger partial charge in [0.25, 0.3) is 5.91 Å². The van der Waals surface area contributed by atoms with Crippen LogP contribution in [0.25, 0.3) is 0 Å². The van der Waals surface area contributed by atoms with Gasteiger partial charge in [-0.3, -0.25) is 14.6 Å². The third-order valence-corrected chi connectivity index (χ3v) is 5.54. The van der Waals surface area contributed by atoms with Crippen molar-refractivity contribution in [3.8, 4) is 0 Å². The first-order valence-electron chi connectivity index (χ1n) is 9.77. The third-order valence-electron chi connectivity index (χ3n) is 5.54. The van der Waals surface area contributed by atoms with Crippen LogP contribution in [0, 0.1) is 5.92 Å². The molecule has 2 aliphatic heterocycles. The molecular weight excluding hydrogens is 360 g/mol. The summed E-state index contributed by atoms with van der Waals surface area (Å²) in [7, 11) is 0. The molecule has 0 radical (unpaired) electrons. The zero-order valence-electron chi connectivity index (χ0n) is 15.6. The van der Waals surface area contributed by atoms with Gasteiger partial charge in [-0.2, -0.15) is 5.10 Å². The molecule has 0 bridgehead atoms. The molecule has 1 aliphatic carbocycles. The van der Waals surface area contributed by atoms with Gasteiger partial charge in [-0.05, 0) is 37.8 Å². The Bertz CT molecular complexity index is 798. The molecule has 1 atom stereocenters. The van der Waals surface area contributed by atoms with Gasteiger partial charge in [-0.1, -0.05) is 18.2 Å². The van der Waals surface area contributed by atoms with Crippen LogP contribution in [-0.2, 0) is 14.4 Å². The number of carbonyl (C=O) groups is 3. The standard InChI is InChI=1S/C20H24N4O4/c25-18(13-6-7-13)21-14-8-10-23(11-9-14)19(26)16-12-17(20(27)28)24(22-16)15-4-2-1-3-5-15/h1-5,13-14,17H,6-12H2,(H,21,25)(H,27,28). The van der Waals surface area contributed by atoms with Crippen molar-refractivity contribution < 1.29 is 19.5 Å². The summed E-state index contributed by atoms with van der Waals surface area (Å²) in [6.07, 6.45) is 3.46. The summed E-state index contributed by atoms with van der Waals surface area (Å²) in [5.41, 5.74) is 0.927. The number of carboxylic acid groups (broad SMARTS) is 1. The Hall–Kier alpha value is -2.90. The Morgan fingerprint density at radius 1 is 1.04 bits per heavy atom. The average Bonchev–Trinajstić information content (AvgIpc) is 3.47. The topological polar surface area (TPSA) is 102 Å². The predicted molar refractivity (Wildman–Crippen MR) is 103 cm³/mol. The lowest BCUT2D eigenvalue weighted by molar-refractivity contribution is -0.138. The number of para-hydroxylation sites is 1. The second-order valence-electron chi connectivity index (χ2n) is 7.63. The van der Waals surface area contributed by atoms with E-state index in [1.54, 1.807) is 17.0 Å². The molecule has 1 saturated carbocycles. The monoisotopic (exact) mass is 384 g/mol. The van der Waals surface area contributed by atoms with E-state index < -0.39 is 12.0 Å². The lowest BCUT2D eigenvalue weighted by Gasteiger charge is -2.32. The van der Waals surface area contributed by atoms with Crippen molar-refractivity contribution in [1.29, 1.82) is 0 Å². The summed E-state index contributed by atoms with van der Waals surface area (Å²) in [4.78, 5) is 38.1. The van der Waals surface area contributed by atoms with Crippen LogP contribution < -0.4 is 10.3 Å². The summed E-state index contributed by atoms with van der Waals surface area (Å²) in [5.74, 6) is -0.897. The highest BCUT2D eigenvalue weighted by molar-refractivity contribution is 6.40. The smallest absolute Gasteiger partial charge is 0.328 e. The van der Waals surface area contributed by atoms with Crippen molar-refractivity contribution in [3.05, 3.63) is 30.3 Å². The summed E-state index contributed by atoms with van der Waals surface area (Å²) >= 11 is 0. The Labute approximate surface area is 163 Å². The number of carboxylic acids is 1. The van der Waals surface area contributed by atoms with E-state index in [1.165, 1.54) is 5.01 Å². The van der Waals surface area contributed by atoms with Gasteiger partial charge in [0.1, 0.15) is 5.71 Å². The highest BCUT2D eigenvalue weighted by atomic mass is 16.4. The van der Waals surface area contributed by atoms with Gasteiger partial charge < -0.3 is 15.3 Å². The molecule has 148 valence electrons. The summed E-state index contributed by atoms with van der Waals surface area (Å²) in [6.45, 7) is 1.08. The van der Waals surface area contributed by atoms with Crippen molar-refractivity contribution >= 4 is 29.2 Å². The molecule has 2 heterocycles. The quantitative estimate of drug-likeness (QED) is 0.795. The molecule has 0 spiro atoms. The molecule has 2 N–H and O–H groups in total. The molecule has 2 amide bonds. The number of hydrogen-bond donors (Lipinski definition) is 2. The van der Waals surface area contributed by atoms with Crippen LogP contribution in [0.2, 0.25) is 0 Å². The minimum absolute atomic E-state index is 0.0847. The van der Waals surface area contributed by atoms with E-state index in [0.717, 1.165) is 12.8 Å². The van der Waals surface area contributed by atoms with Crippen molar-refractivity contribution in [2.75, 3.05) is 18.1 Å². The number of nitrogens with zero attached hydrogens (tertiary/aromatic N) is 3. The van der Waals surface area contributed by atoms with Crippen LogP contribution in [-0.4, -0.2) is 58.7 Å². The number of nitrogens with one attached hydrogen (secondary N) is 1. The largest absolute Gasteiger partial charge is 0.480 e. The van der Waals surface area contributed by atoms with Crippen LogP contribution in [0.5, 0.6) is 0 Å². The highest BCUT2D eigenvalue weighted by Gasteiger charge is 2.38. The Morgan fingerprint density at radius 3 is 2.32 bits per heavy atom. The molecule has 28 heavy (non-hydrogen) atoms. The summed E-state index contributed by atoms with van der Waals surface area (Å²) < 4.78 is 0. The lowest BCUT2D eigenvalue weighted by Crippen LogP contribution is -2.48. The van der Waals surface area contributed by atoms with E-state index >= 15 is 0 Å². The van der Waals surface area contributed by atoms with Crippen LogP contribution >= 0.6 is 0 Å². The van der Waals surface area contributed by atoms with Crippen molar-refractivity contribution in [3.63, 3.8) is 0 Å². The Balaban J connectivity index is 1.39. The van der Waals surface area contributed by atoms with E-state index in [9.17, 15) is 19.5 Å². The van der Waals surface area contributed by atoms with Crippen LogP contribution in [0.15, 0.2) is 35.4 Å². The summed E-state index contributed by atoms with van der Waals surface area (Å²) in [5, 5.41) is 18.4. The number of likely N-dealkylation sites (tertiary alicyclic amines) is 1. The second kappa shape index (κ2) is 7.61. The normalized spacial score (nSPS) is 22.7. The average molecular weight is 384 g/mol. The first kappa shape index (κ1) is 18.5. The van der Waals surface area contributed by atoms with Gasteiger partial charge in [-0.25, -0.2) is 4.79 Å². The number of hydrazone groups is 1. The molecule has 8 nitrogen and oxygen atoms in total. The molecule has 8 heteroatoms. The molecule has 1 saturated heterocycles. The van der Waals surface area contributed by atoms with E-state index in [0.29, 0.717) is 31.6 Å². The molecule has 3 aliphatic rings. The predicted octanol–water partition coefficient (Wildman–Crippen LogP) is 1.22. The maximum atomic E-state index is 12.9.